The fourth-order valence-corrected chi connectivity index (χ4v) is 3.04. The van der Waals surface area contributed by atoms with E-state index in [1.807, 2.05) is 18.2 Å². The number of hydrogen-bond donors (Lipinski definition) is 2. The number of carbonyl (C=O) groups is 1. The molecule has 0 aliphatic carbocycles. The van der Waals surface area contributed by atoms with E-state index in [9.17, 15) is 4.79 Å². The van der Waals surface area contributed by atoms with Gasteiger partial charge in [-0.1, -0.05) is 44.2 Å². The van der Waals surface area contributed by atoms with Crippen LogP contribution in [0.4, 0.5) is 0 Å². The summed E-state index contributed by atoms with van der Waals surface area (Å²) in [6, 6.07) is 9.83. The van der Waals surface area contributed by atoms with Crippen molar-refractivity contribution in [2.75, 3.05) is 13.2 Å². The summed E-state index contributed by atoms with van der Waals surface area (Å²) in [6.45, 7) is 5.57. The lowest BCUT2D eigenvalue weighted by Gasteiger charge is -2.32. The van der Waals surface area contributed by atoms with Crippen molar-refractivity contribution in [2.24, 2.45) is 17.6 Å². The quantitative estimate of drug-likeness (QED) is 0.836. The highest BCUT2D eigenvalue weighted by Gasteiger charge is 2.28. The van der Waals surface area contributed by atoms with Crippen molar-refractivity contribution < 1.29 is 9.53 Å². The van der Waals surface area contributed by atoms with E-state index in [1.165, 1.54) is 5.56 Å². The maximum Gasteiger partial charge on any atom is 0.236 e. The Morgan fingerprint density at radius 3 is 2.70 bits per heavy atom. The lowest BCUT2D eigenvalue weighted by molar-refractivity contribution is -0.123. The zero-order valence-corrected chi connectivity index (χ0v) is 14.9. The predicted molar refractivity (Wildman–Crippen MR) is 95.5 cm³/mol. The normalized spacial score (nSPS) is 22.3. The van der Waals surface area contributed by atoms with Crippen LogP contribution in [-0.4, -0.2) is 25.1 Å². The fourth-order valence-electron chi connectivity index (χ4n) is 3.04. The summed E-state index contributed by atoms with van der Waals surface area (Å²) in [5, 5.41) is 3.01. The SMILES string of the molecule is CC(C)C[C@H](N)C(=O)NCC1CCCOC1c1ccccc1.Cl. The van der Waals surface area contributed by atoms with E-state index in [2.05, 4.69) is 31.3 Å². The van der Waals surface area contributed by atoms with Crippen molar-refractivity contribution >= 4 is 18.3 Å². The van der Waals surface area contributed by atoms with Crippen molar-refractivity contribution in [3.63, 3.8) is 0 Å². The number of ether oxygens (including phenoxy) is 1. The first-order valence-corrected chi connectivity index (χ1v) is 8.27. The summed E-state index contributed by atoms with van der Waals surface area (Å²) in [6.07, 6.45) is 2.90. The molecule has 1 saturated heterocycles. The van der Waals surface area contributed by atoms with Crippen LogP contribution in [0, 0.1) is 11.8 Å². The number of nitrogens with two attached hydrogens (primary N) is 1. The Morgan fingerprint density at radius 2 is 2.04 bits per heavy atom. The van der Waals surface area contributed by atoms with Crippen LogP contribution in [0.3, 0.4) is 0 Å². The number of nitrogens with one attached hydrogen (secondary N) is 1. The Labute approximate surface area is 145 Å². The van der Waals surface area contributed by atoms with E-state index in [4.69, 9.17) is 10.5 Å². The summed E-state index contributed by atoms with van der Waals surface area (Å²) >= 11 is 0. The Balaban J connectivity index is 0.00000264. The molecule has 23 heavy (non-hydrogen) atoms. The number of rotatable bonds is 6. The third-order valence-corrected chi connectivity index (χ3v) is 4.17. The van der Waals surface area contributed by atoms with Gasteiger partial charge in [0.15, 0.2) is 0 Å². The first kappa shape index (κ1) is 19.9. The van der Waals surface area contributed by atoms with Crippen LogP contribution in [0.1, 0.15) is 44.8 Å². The minimum atomic E-state index is -0.417. The molecule has 1 fully saturated rings. The molecule has 1 heterocycles. The molecule has 4 nitrogen and oxygen atoms in total. The summed E-state index contributed by atoms with van der Waals surface area (Å²) in [4.78, 5) is 12.1. The Hall–Kier alpha value is -1.10. The molecule has 130 valence electrons. The molecule has 2 unspecified atom stereocenters. The van der Waals surface area contributed by atoms with Gasteiger partial charge in [0.2, 0.25) is 5.91 Å². The number of amides is 1. The third-order valence-electron chi connectivity index (χ3n) is 4.17. The maximum absolute atomic E-state index is 12.1. The summed E-state index contributed by atoms with van der Waals surface area (Å²) < 4.78 is 5.95. The average Bonchev–Trinajstić information content (AvgIpc) is 2.53. The Kier molecular flexibility index (Phi) is 8.59. The van der Waals surface area contributed by atoms with Gasteiger partial charge in [0, 0.05) is 19.1 Å². The van der Waals surface area contributed by atoms with Crippen molar-refractivity contribution in [1.29, 1.82) is 0 Å². The standard InChI is InChI=1S/C18H28N2O2.ClH/c1-13(2)11-16(19)18(21)20-12-15-9-6-10-22-17(15)14-7-4-3-5-8-14;/h3-5,7-8,13,15-17H,6,9-12,19H2,1-2H3,(H,20,21);1H/t15?,16-,17?;/m0./s1. The van der Waals surface area contributed by atoms with Crippen LogP contribution in [-0.2, 0) is 9.53 Å². The van der Waals surface area contributed by atoms with Gasteiger partial charge in [-0.15, -0.1) is 12.4 Å². The molecule has 1 amide bonds. The molecule has 0 spiro atoms. The zero-order valence-electron chi connectivity index (χ0n) is 14.0. The van der Waals surface area contributed by atoms with Gasteiger partial charge in [-0.05, 0) is 30.7 Å². The number of carbonyl (C=O) groups excluding carboxylic acids is 1. The Morgan fingerprint density at radius 1 is 1.35 bits per heavy atom. The second kappa shape index (κ2) is 9.91. The second-order valence-electron chi connectivity index (χ2n) is 6.59. The third kappa shape index (κ3) is 6.13. The van der Waals surface area contributed by atoms with Crippen molar-refractivity contribution in [1.82, 2.24) is 5.32 Å². The van der Waals surface area contributed by atoms with E-state index >= 15 is 0 Å². The Bertz CT molecular complexity index is 467. The van der Waals surface area contributed by atoms with Crippen LogP contribution in [0.25, 0.3) is 0 Å². The van der Waals surface area contributed by atoms with Gasteiger partial charge in [0.1, 0.15) is 0 Å². The summed E-state index contributed by atoms with van der Waals surface area (Å²) in [5.41, 5.74) is 7.12. The van der Waals surface area contributed by atoms with Crippen molar-refractivity contribution in [3.8, 4) is 0 Å². The van der Waals surface area contributed by atoms with Gasteiger partial charge in [-0.3, -0.25) is 4.79 Å². The molecule has 0 radical (unpaired) electrons. The van der Waals surface area contributed by atoms with E-state index in [0.717, 1.165) is 25.9 Å². The predicted octanol–water partition coefficient (Wildman–Crippen LogP) is 3.07. The number of benzene rings is 1. The van der Waals surface area contributed by atoms with Crippen LogP contribution in [0.2, 0.25) is 0 Å². The van der Waals surface area contributed by atoms with Crippen LogP contribution < -0.4 is 11.1 Å². The van der Waals surface area contributed by atoms with E-state index < -0.39 is 6.04 Å². The first-order chi connectivity index (χ1) is 10.6. The molecule has 3 N–H and O–H groups in total. The minimum Gasteiger partial charge on any atom is -0.373 e. The van der Waals surface area contributed by atoms with Crippen LogP contribution in [0.5, 0.6) is 0 Å². The lowest BCUT2D eigenvalue weighted by atomic mass is 9.89. The van der Waals surface area contributed by atoms with Gasteiger partial charge in [-0.2, -0.15) is 0 Å². The van der Waals surface area contributed by atoms with E-state index in [1.54, 1.807) is 0 Å². The highest BCUT2D eigenvalue weighted by Crippen LogP contribution is 2.33. The van der Waals surface area contributed by atoms with E-state index in [-0.39, 0.29) is 24.4 Å². The van der Waals surface area contributed by atoms with Crippen LogP contribution >= 0.6 is 12.4 Å². The van der Waals surface area contributed by atoms with Crippen molar-refractivity contribution in [3.05, 3.63) is 35.9 Å². The van der Waals surface area contributed by atoms with E-state index in [0.29, 0.717) is 18.4 Å². The average molecular weight is 341 g/mol. The van der Waals surface area contributed by atoms with Gasteiger partial charge >= 0.3 is 0 Å². The fraction of sp³-hybridized carbons (Fsp3) is 0.611. The molecule has 0 bridgehead atoms. The lowest BCUT2D eigenvalue weighted by Crippen LogP contribution is -2.44. The zero-order chi connectivity index (χ0) is 15.9. The molecule has 1 aliphatic rings. The molecule has 0 saturated carbocycles. The maximum atomic E-state index is 12.1. The van der Waals surface area contributed by atoms with Gasteiger partial charge in [0.05, 0.1) is 12.1 Å². The molecule has 2 rings (SSSR count). The molecular formula is C18H29ClN2O2. The second-order valence-corrected chi connectivity index (χ2v) is 6.59. The molecule has 0 aromatic heterocycles. The monoisotopic (exact) mass is 340 g/mol. The van der Waals surface area contributed by atoms with Gasteiger partial charge in [0.25, 0.3) is 0 Å². The van der Waals surface area contributed by atoms with Gasteiger partial charge in [-0.25, -0.2) is 0 Å². The smallest absolute Gasteiger partial charge is 0.236 e. The summed E-state index contributed by atoms with van der Waals surface area (Å²) in [7, 11) is 0. The molecule has 1 aromatic carbocycles. The molecule has 5 heteroatoms. The molecular weight excluding hydrogens is 312 g/mol. The number of hydrogen-bond acceptors (Lipinski definition) is 3. The van der Waals surface area contributed by atoms with Crippen LogP contribution in [0.15, 0.2) is 30.3 Å². The largest absolute Gasteiger partial charge is 0.373 e. The van der Waals surface area contributed by atoms with Crippen molar-refractivity contribution in [2.45, 2.75) is 45.3 Å². The molecule has 1 aromatic rings. The first-order valence-electron chi connectivity index (χ1n) is 8.27. The molecule has 1 aliphatic heterocycles. The summed E-state index contributed by atoms with van der Waals surface area (Å²) in [5.74, 6) is 0.688. The minimum absolute atomic E-state index is 0. The topological polar surface area (TPSA) is 64.4 Å². The highest BCUT2D eigenvalue weighted by molar-refractivity contribution is 5.85. The molecule has 3 atom stereocenters. The highest BCUT2D eigenvalue weighted by atomic mass is 35.5. The number of halogens is 1. The van der Waals surface area contributed by atoms with Gasteiger partial charge < -0.3 is 15.8 Å².